The molecule has 3 aromatic carbocycles. The van der Waals surface area contributed by atoms with Gasteiger partial charge in [0.25, 0.3) is 0 Å². The minimum absolute atomic E-state index is 0.501. The number of aromatic amines is 1. The highest BCUT2D eigenvalue weighted by Gasteiger charge is 2.10. The third kappa shape index (κ3) is 1.79. The van der Waals surface area contributed by atoms with Crippen molar-refractivity contribution in [3.63, 3.8) is 0 Å². The minimum atomic E-state index is 0.501. The largest absolute Gasteiger partial charge is 0.398 e. The summed E-state index contributed by atoms with van der Waals surface area (Å²) >= 11 is 0. The predicted octanol–water partition coefficient (Wildman–Crippen LogP) is 4.38. The van der Waals surface area contributed by atoms with Crippen molar-refractivity contribution in [3.05, 3.63) is 66.2 Å². The summed E-state index contributed by atoms with van der Waals surface area (Å²) in [7, 11) is 0. The Hall–Kier alpha value is -3.07. The molecule has 0 bridgehead atoms. The molecular formula is C19H14N2O. The summed E-state index contributed by atoms with van der Waals surface area (Å²) < 4.78 is 0. The molecule has 4 aromatic rings. The molecule has 106 valence electrons. The molecule has 0 atom stereocenters. The van der Waals surface area contributed by atoms with Crippen LogP contribution in [0, 0.1) is 0 Å². The number of carbonyl (C=O) groups excluding carboxylic acids is 1. The number of aromatic nitrogens is 1. The van der Waals surface area contributed by atoms with Crippen molar-refractivity contribution in [2.45, 2.75) is 0 Å². The van der Waals surface area contributed by atoms with E-state index in [1.165, 1.54) is 10.8 Å². The molecule has 22 heavy (non-hydrogen) atoms. The van der Waals surface area contributed by atoms with E-state index in [1.54, 1.807) is 6.07 Å². The Morgan fingerprint density at radius 1 is 0.909 bits per heavy atom. The second-order valence-corrected chi connectivity index (χ2v) is 5.36. The van der Waals surface area contributed by atoms with Gasteiger partial charge in [-0.15, -0.1) is 0 Å². The van der Waals surface area contributed by atoms with Crippen LogP contribution in [0.25, 0.3) is 32.9 Å². The Balaban J connectivity index is 2.02. The maximum atomic E-state index is 10.9. The fraction of sp³-hybridized carbons (Fsp3) is 0. The topological polar surface area (TPSA) is 58.9 Å². The summed E-state index contributed by atoms with van der Waals surface area (Å²) in [4.78, 5) is 14.4. The summed E-state index contributed by atoms with van der Waals surface area (Å²) in [5, 5.41) is 2.39. The Kier molecular flexibility index (Phi) is 2.73. The van der Waals surface area contributed by atoms with Crippen molar-refractivity contribution in [1.82, 2.24) is 4.98 Å². The number of nitrogens with one attached hydrogen (secondary N) is 1. The Labute approximate surface area is 127 Å². The van der Waals surface area contributed by atoms with Gasteiger partial charge in [0.15, 0.2) is 6.29 Å². The lowest BCUT2D eigenvalue weighted by Gasteiger charge is -2.06. The number of benzene rings is 3. The molecule has 0 spiro atoms. The van der Waals surface area contributed by atoms with E-state index >= 15 is 0 Å². The summed E-state index contributed by atoms with van der Waals surface area (Å²) in [6.45, 7) is 0. The molecule has 0 aliphatic rings. The van der Waals surface area contributed by atoms with Crippen LogP contribution in [0.1, 0.15) is 10.4 Å². The highest BCUT2D eigenvalue weighted by Crippen LogP contribution is 2.33. The molecule has 1 aromatic heterocycles. The number of nitrogen functional groups attached to an aromatic ring is 1. The predicted molar refractivity (Wildman–Crippen MR) is 91.0 cm³/mol. The molecule has 3 nitrogen and oxygen atoms in total. The summed E-state index contributed by atoms with van der Waals surface area (Å²) in [6.07, 6.45) is 0.780. The van der Waals surface area contributed by atoms with Crippen LogP contribution in [0.15, 0.2) is 60.7 Å². The number of rotatable bonds is 2. The van der Waals surface area contributed by atoms with E-state index < -0.39 is 0 Å². The van der Waals surface area contributed by atoms with Crippen molar-refractivity contribution >= 4 is 33.8 Å². The first-order valence-corrected chi connectivity index (χ1v) is 7.12. The maximum absolute atomic E-state index is 10.9. The van der Waals surface area contributed by atoms with Gasteiger partial charge in [-0.3, -0.25) is 4.79 Å². The molecule has 4 rings (SSSR count). The summed E-state index contributed by atoms with van der Waals surface area (Å²) in [5.74, 6) is 0. The van der Waals surface area contributed by atoms with Crippen molar-refractivity contribution in [1.29, 1.82) is 0 Å². The average Bonchev–Trinajstić information content (AvgIpc) is 2.93. The lowest BCUT2D eigenvalue weighted by molar-refractivity contribution is 0.112. The number of hydrogen-bond donors (Lipinski definition) is 2. The van der Waals surface area contributed by atoms with Gasteiger partial charge in [-0.05, 0) is 23.8 Å². The van der Waals surface area contributed by atoms with Gasteiger partial charge in [0.2, 0.25) is 0 Å². The van der Waals surface area contributed by atoms with Gasteiger partial charge in [0, 0.05) is 33.1 Å². The van der Waals surface area contributed by atoms with Crippen molar-refractivity contribution in [3.8, 4) is 11.1 Å². The normalized spacial score (nSPS) is 11.1. The molecule has 0 aliphatic heterocycles. The van der Waals surface area contributed by atoms with Gasteiger partial charge in [-0.2, -0.15) is 0 Å². The first-order valence-electron chi connectivity index (χ1n) is 7.12. The van der Waals surface area contributed by atoms with Gasteiger partial charge in [-0.25, -0.2) is 0 Å². The number of hydrogen-bond acceptors (Lipinski definition) is 2. The van der Waals surface area contributed by atoms with Crippen molar-refractivity contribution in [2.24, 2.45) is 0 Å². The molecule has 0 amide bonds. The Morgan fingerprint density at radius 3 is 2.55 bits per heavy atom. The molecule has 0 saturated heterocycles. The standard InChI is InChI=1S/C19H14N2O/c20-17-10-12(8-9-13(17)11-22)14-5-3-6-16-15-4-1-2-7-18(15)21-19(14)16/h1-11,21H,20H2. The van der Waals surface area contributed by atoms with E-state index in [2.05, 4.69) is 29.2 Å². The SMILES string of the molecule is Nc1cc(-c2cccc3c2[nH]c2ccccc23)ccc1C=O. The summed E-state index contributed by atoms with van der Waals surface area (Å²) in [5.41, 5.74) is 11.2. The number of anilines is 1. The van der Waals surface area contributed by atoms with Crippen LogP contribution in [0.3, 0.4) is 0 Å². The maximum Gasteiger partial charge on any atom is 0.152 e. The smallest absolute Gasteiger partial charge is 0.152 e. The van der Waals surface area contributed by atoms with Gasteiger partial charge in [0.1, 0.15) is 0 Å². The van der Waals surface area contributed by atoms with Gasteiger partial charge < -0.3 is 10.7 Å². The monoisotopic (exact) mass is 286 g/mol. The zero-order valence-corrected chi connectivity index (χ0v) is 11.8. The molecule has 0 fully saturated rings. The Morgan fingerprint density at radius 2 is 1.73 bits per heavy atom. The van der Waals surface area contributed by atoms with Crippen molar-refractivity contribution < 1.29 is 4.79 Å². The number of H-pyrrole nitrogens is 1. The van der Waals surface area contributed by atoms with Crippen LogP contribution < -0.4 is 5.73 Å². The molecule has 0 radical (unpaired) electrons. The molecule has 0 saturated carbocycles. The molecule has 3 N–H and O–H groups in total. The van der Waals surface area contributed by atoms with E-state index in [0.717, 1.165) is 28.4 Å². The summed E-state index contributed by atoms with van der Waals surface area (Å²) in [6, 6.07) is 20.0. The zero-order valence-electron chi connectivity index (χ0n) is 11.8. The van der Waals surface area contributed by atoms with Crippen LogP contribution in [0.5, 0.6) is 0 Å². The van der Waals surface area contributed by atoms with Crippen molar-refractivity contribution in [2.75, 3.05) is 5.73 Å². The zero-order chi connectivity index (χ0) is 15.1. The average molecular weight is 286 g/mol. The fourth-order valence-corrected chi connectivity index (χ4v) is 2.96. The molecular weight excluding hydrogens is 272 g/mol. The number of nitrogens with two attached hydrogens (primary N) is 1. The highest BCUT2D eigenvalue weighted by molar-refractivity contribution is 6.11. The fourth-order valence-electron chi connectivity index (χ4n) is 2.96. The van der Waals surface area contributed by atoms with Gasteiger partial charge in [0.05, 0.1) is 5.52 Å². The van der Waals surface area contributed by atoms with E-state index in [9.17, 15) is 4.79 Å². The molecule has 1 heterocycles. The number of aldehydes is 1. The van der Waals surface area contributed by atoms with Crippen LogP contribution in [-0.4, -0.2) is 11.3 Å². The van der Waals surface area contributed by atoms with E-state index in [-0.39, 0.29) is 0 Å². The second-order valence-electron chi connectivity index (χ2n) is 5.36. The number of carbonyl (C=O) groups is 1. The Bertz CT molecular complexity index is 1010. The quantitative estimate of drug-likeness (QED) is 0.424. The van der Waals surface area contributed by atoms with Crippen LogP contribution in [-0.2, 0) is 0 Å². The van der Waals surface area contributed by atoms with Crippen LogP contribution in [0.4, 0.5) is 5.69 Å². The van der Waals surface area contributed by atoms with E-state index in [1.807, 2.05) is 30.3 Å². The third-order valence-electron chi connectivity index (χ3n) is 4.07. The first kappa shape index (κ1) is 12.7. The highest BCUT2D eigenvalue weighted by atomic mass is 16.1. The van der Waals surface area contributed by atoms with E-state index in [0.29, 0.717) is 11.3 Å². The van der Waals surface area contributed by atoms with Gasteiger partial charge in [-0.1, -0.05) is 42.5 Å². The molecule has 3 heteroatoms. The lowest BCUT2D eigenvalue weighted by Crippen LogP contribution is -1.93. The third-order valence-corrected chi connectivity index (χ3v) is 4.07. The minimum Gasteiger partial charge on any atom is -0.398 e. The molecule has 0 unspecified atom stereocenters. The lowest BCUT2D eigenvalue weighted by atomic mass is 10.00. The number of fused-ring (bicyclic) bond motifs is 3. The second kappa shape index (κ2) is 4.74. The first-order chi connectivity index (χ1) is 10.8. The van der Waals surface area contributed by atoms with E-state index in [4.69, 9.17) is 5.73 Å². The van der Waals surface area contributed by atoms with Gasteiger partial charge >= 0.3 is 0 Å². The van der Waals surface area contributed by atoms with Crippen LogP contribution >= 0.6 is 0 Å². The number of para-hydroxylation sites is 2. The molecule has 0 aliphatic carbocycles. The van der Waals surface area contributed by atoms with Crippen LogP contribution in [0.2, 0.25) is 0 Å².